The van der Waals surface area contributed by atoms with Crippen LogP contribution in [0.15, 0.2) is 49.1 Å². The molecule has 10 heteroatoms. The van der Waals surface area contributed by atoms with Gasteiger partial charge in [-0.25, -0.2) is 9.50 Å². The van der Waals surface area contributed by atoms with Crippen LogP contribution in [0.5, 0.6) is 5.75 Å². The number of halogens is 1. The summed E-state index contributed by atoms with van der Waals surface area (Å²) >= 11 is 6.23. The molecule has 1 N–H and O–H groups in total. The average molecular weight is 440 g/mol. The molecule has 0 aliphatic heterocycles. The molecule has 0 aliphatic rings. The molecule has 0 aliphatic carbocycles. The summed E-state index contributed by atoms with van der Waals surface area (Å²) in [4.78, 5) is 19.4. The number of aromatic nitrogens is 5. The number of anilines is 1. The fraction of sp³-hybridized carbons (Fsp3) is 0.238. The van der Waals surface area contributed by atoms with Crippen molar-refractivity contribution < 1.29 is 9.53 Å². The van der Waals surface area contributed by atoms with E-state index in [4.69, 9.17) is 21.4 Å². The number of hydrogen-bond donors (Lipinski definition) is 1. The number of carbonyl (C=O) groups excluding carboxylic acids is 1. The Morgan fingerprint density at radius 1 is 1.32 bits per heavy atom. The summed E-state index contributed by atoms with van der Waals surface area (Å²) in [7, 11) is 5.56. The number of hydrogen-bond acceptors (Lipinski definition) is 6. The van der Waals surface area contributed by atoms with Crippen molar-refractivity contribution in [2.45, 2.75) is 6.54 Å². The van der Waals surface area contributed by atoms with Crippen LogP contribution in [-0.4, -0.2) is 62.9 Å². The molecule has 0 fully saturated rings. The van der Waals surface area contributed by atoms with Gasteiger partial charge in [0.05, 0.1) is 25.5 Å². The van der Waals surface area contributed by atoms with Crippen molar-refractivity contribution in [2.24, 2.45) is 0 Å². The van der Waals surface area contributed by atoms with Gasteiger partial charge in [0.2, 0.25) is 0 Å². The molecule has 0 saturated carbocycles. The Bertz CT molecular complexity index is 1230. The molecule has 0 radical (unpaired) electrons. The summed E-state index contributed by atoms with van der Waals surface area (Å²) < 4.78 is 8.84. The van der Waals surface area contributed by atoms with E-state index in [2.05, 4.69) is 20.3 Å². The third kappa shape index (κ3) is 4.37. The highest BCUT2D eigenvalue weighted by atomic mass is 35.5. The number of rotatable bonds is 7. The number of benzene rings is 1. The van der Waals surface area contributed by atoms with Gasteiger partial charge in [-0.2, -0.15) is 10.2 Å². The molecule has 0 bridgehead atoms. The van der Waals surface area contributed by atoms with Gasteiger partial charge in [0.25, 0.3) is 5.91 Å². The molecule has 1 aromatic carbocycles. The molecule has 31 heavy (non-hydrogen) atoms. The molecule has 0 atom stereocenters. The molecule has 4 aromatic rings. The van der Waals surface area contributed by atoms with Crippen LogP contribution in [0.3, 0.4) is 0 Å². The SMILES string of the molecule is COc1ccc(Cl)cc1-c1nn(CCN(C)C)cc1NC(=O)c1cnn2cccnc12. The standard InChI is InChI=1S/C21H22ClN7O2/c1-27(2)9-10-28-13-17(19(26-28)15-11-14(22)5-6-18(15)31-3)25-21(30)16-12-24-29-8-4-7-23-20(16)29/h4-8,11-13H,9-10H2,1-3H3,(H,25,30). The van der Waals surface area contributed by atoms with Crippen LogP contribution < -0.4 is 10.1 Å². The van der Waals surface area contributed by atoms with E-state index in [1.165, 1.54) is 6.20 Å². The zero-order valence-electron chi connectivity index (χ0n) is 17.4. The van der Waals surface area contributed by atoms with E-state index in [9.17, 15) is 4.79 Å². The minimum Gasteiger partial charge on any atom is -0.496 e. The summed E-state index contributed by atoms with van der Waals surface area (Å²) in [5, 5.41) is 12.4. The highest BCUT2D eigenvalue weighted by molar-refractivity contribution is 6.31. The second-order valence-corrected chi connectivity index (χ2v) is 7.64. The lowest BCUT2D eigenvalue weighted by Gasteiger charge is -2.10. The van der Waals surface area contributed by atoms with E-state index in [-0.39, 0.29) is 5.91 Å². The van der Waals surface area contributed by atoms with Gasteiger partial charge in [-0.1, -0.05) is 11.6 Å². The Kier molecular flexibility index (Phi) is 5.88. The van der Waals surface area contributed by atoms with E-state index < -0.39 is 0 Å². The molecular formula is C21H22ClN7O2. The van der Waals surface area contributed by atoms with Gasteiger partial charge in [-0.15, -0.1) is 0 Å². The second-order valence-electron chi connectivity index (χ2n) is 7.20. The van der Waals surface area contributed by atoms with Crippen molar-refractivity contribution in [3.05, 3.63) is 59.6 Å². The first-order valence-electron chi connectivity index (χ1n) is 9.62. The highest BCUT2D eigenvalue weighted by Crippen LogP contribution is 2.36. The predicted octanol–water partition coefficient (Wildman–Crippen LogP) is 3.07. The lowest BCUT2D eigenvalue weighted by molar-refractivity contribution is 0.102. The number of amides is 1. The summed E-state index contributed by atoms with van der Waals surface area (Å²) in [5.41, 5.74) is 2.63. The van der Waals surface area contributed by atoms with Gasteiger partial charge < -0.3 is 15.0 Å². The molecule has 9 nitrogen and oxygen atoms in total. The van der Waals surface area contributed by atoms with Gasteiger partial charge in [-0.05, 0) is 38.4 Å². The maximum atomic E-state index is 13.1. The van der Waals surface area contributed by atoms with Crippen molar-refractivity contribution >= 4 is 28.8 Å². The van der Waals surface area contributed by atoms with Crippen LogP contribution in [0.2, 0.25) is 5.02 Å². The third-order valence-electron chi connectivity index (χ3n) is 4.73. The Balaban J connectivity index is 1.73. The molecule has 0 unspecified atom stereocenters. The fourth-order valence-electron chi connectivity index (χ4n) is 3.17. The maximum Gasteiger partial charge on any atom is 0.261 e. The number of carbonyl (C=O) groups is 1. The van der Waals surface area contributed by atoms with Crippen molar-refractivity contribution in [3.8, 4) is 17.0 Å². The van der Waals surface area contributed by atoms with E-state index in [1.807, 2.05) is 14.1 Å². The molecular weight excluding hydrogens is 418 g/mol. The van der Waals surface area contributed by atoms with Gasteiger partial charge in [0.1, 0.15) is 17.0 Å². The van der Waals surface area contributed by atoms with Gasteiger partial charge >= 0.3 is 0 Å². The minimum absolute atomic E-state index is 0.330. The van der Waals surface area contributed by atoms with Crippen LogP contribution in [0.25, 0.3) is 16.9 Å². The van der Waals surface area contributed by atoms with E-state index in [0.29, 0.717) is 45.5 Å². The fourth-order valence-corrected chi connectivity index (χ4v) is 3.34. The largest absolute Gasteiger partial charge is 0.496 e. The molecule has 0 spiro atoms. The lowest BCUT2D eigenvalue weighted by atomic mass is 10.1. The van der Waals surface area contributed by atoms with Gasteiger partial charge in [0, 0.05) is 35.7 Å². The first-order valence-corrected chi connectivity index (χ1v) is 10.00. The molecule has 3 aromatic heterocycles. The molecule has 1 amide bonds. The van der Waals surface area contributed by atoms with Crippen LogP contribution >= 0.6 is 11.6 Å². The Morgan fingerprint density at radius 2 is 2.16 bits per heavy atom. The number of ether oxygens (including phenoxy) is 1. The van der Waals surface area contributed by atoms with Gasteiger partial charge in [-0.3, -0.25) is 9.48 Å². The topological polar surface area (TPSA) is 89.6 Å². The third-order valence-corrected chi connectivity index (χ3v) is 4.96. The highest BCUT2D eigenvalue weighted by Gasteiger charge is 2.20. The minimum atomic E-state index is -0.330. The maximum absolute atomic E-state index is 13.1. The summed E-state index contributed by atoms with van der Waals surface area (Å²) in [5.74, 6) is 0.276. The predicted molar refractivity (Wildman–Crippen MR) is 119 cm³/mol. The van der Waals surface area contributed by atoms with Crippen LogP contribution in [0, 0.1) is 0 Å². The first kappa shape index (κ1) is 20.8. The first-order chi connectivity index (χ1) is 15.0. The van der Waals surface area contributed by atoms with Crippen LogP contribution in [0.1, 0.15) is 10.4 Å². The van der Waals surface area contributed by atoms with Crippen LogP contribution in [0.4, 0.5) is 5.69 Å². The number of nitrogens with one attached hydrogen (secondary N) is 1. The normalized spacial score (nSPS) is 11.3. The number of likely N-dealkylation sites (N-methyl/N-ethyl adjacent to an activating group) is 1. The van der Waals surface area contributed by atoms with Crippen molar-refractivity contribution in [1.82, 2.24) is 29.3 Å². The Labute approximate surface area is 184 Å². The zero-order chi connectivity index (χ0) is 22.0. The lowest BCUT2D eigenvalue weighted by Crippen LogP contribution is -2.18. The Morgan fingerprint density at radius 3 is 2.94 bits per heavy atom. The summed E-state index contributed by atoms with van der Waals surface area (Å²) in [6.45, 7) is 1.44. The second kappa shape index (κ2) is 8.75. The van der Waals surface area contributed by atoms with Crippen molar-refractivity contribution in [1.29, 1.82) is 0 Å². The quantitative estimate of drug-likeness (QED) is 0.476. The smallest absolute Gasteiger partial charge is 0.261 e. The molecule has 4 rings (SSSR count). The zero-order valence-corrected chi connectivity index (χ0v) is 18.2. The average Bonchev–Trinajstić information content (AvgIpc) is 3.36. The van der Waals surface area contributed by atoms with Crippen molar-refractivity contribution in [3.63, 3.8) is 0 Å². The summed E-state index contributed by atoms with van der Waals surface area (Å²) in [6, 6.07) is 7.04. The number of methoxy groups -OCH3 is 1. The molecule has 160 valence electrons. The molecule has 3 heterocycles. The molecule has 0 saturated heterocycles. The van der Waals surface area contributed by atoms with E-state index >= 15 is 0 Å². The number of nitrogens with zero attached hydrogens (tertiary/aromatic N) is 6. The number of fused-ring (bicyclic) bond motifs is 1. The van der Waals surface area contributed by atoms with E-state index in [0.717, 1.165) is 6.54 Å². The summed E-state index contributed by atoms with van der Waals surface area (Å²) in [6.07, 6.45) is 6.65. The van der Waals surface area contributed by atoms with E-state index in [1.54, 1.807) is 59.2 Å². The Hall–Kier alpha value is -3.43. The van der Waals surface area contributed by atoms with Gasteiger partial charge in [0.15, 0.2) is 5.65 Å². The van der Waals surface area contributed by atoms with Crippen molar-refractivity contribution in [2.75, 3.05) is 33.1 Å². The van der Waals surface area contributed by atoms with Crippen LogP contribution in [-0.2, 0) is 6.54 Å². The monoisotopic (exact) mass is 439 g/mol.